The van der Waals surface area contributed by atoms with E-state index in [0.29, 0.717) is 44.8 Å². The van der Waals surface area contributed by atoms with Crippen molar-refractivity contribution in [1.82, 2.24) is 9.47 Å². The van der Waals surface area contributed by atoms with E-state index in [0.717, 1.165) is 44.7 Å². The number of aromatic nitrogens is 1. The van der Waals surface area contributed by atoms with Gasteiger partial charge in [-0.2, -0.15) is 0 Å². The van der Waals surface area contributed by atoms with Crippen molar-refractivity contribution in [2.75, 3.05) is 50.7 Å². The molecule has 1 fully saturated rings. The van der Waals surface area contributed by atoms with Crippen molar-refractivity contribution < 1.29 is 32.9 Å². The number of carbonyl (C=O) groups excluding carboxylic acids is 1. The van der Waals surface area contributed by atoms with E-state index in [-0.39, 0.29) is 23.6 Å². The van der Waals surface area contributed by atoms with Gasteiger partial charge in [0.1, 0.15) is 27.4 Å². The van der Waals surface area contributed by atoms with Gasteiger partial charge in [-0.15, -0.1) is 11.3 Å². The number of nitrogens with zero attached hydrogens (tertiary/aromatic N) is 2. The molecule has 3 N–H and O–H groups in total. The van der Waals surface area contributed by atoms with Gasteiger partial charge >= 0.3 is 0 Å². The lowest BCUT2D eigenvalue weighted by Crippen LogP contribution is -2.37. The molecule has 0 radical (unpaired) electrons. The van der Waals surface area contributed by atoms with E-state index in [2.05, 4.69) is 10.2 Å². The van der Waals surface area contributed by atoms with E-state index in [4.69, 9.17) is 9.47 Å². The summed E-state index contributed by atoms with van der Waals surface area (Å²) in [6.07, 6.45) is 6.21. The summed E-state index contributed by atoms with van der Waals surface area (Å²) < 4.78 is 37.9. The number of amides is 1. The number of methoxy groups -OCH3 is 1. The maximum atomic E-state index is 12.9. The van der Waals surface area contributed by atoms with Gasteiger partial charge in [-0.05, 0) is 50.6 Å². The quantitative estimate of drug-likeness (QED) is 0.335. The number of ether oxygens (including phenoxy) is 2. The van der Waals surface area contributed by atoms with E-state index in [1.165, 1.54) is 24.9 Å². The van der Waals surface area contributed by atoms with Gasteiger partial charge in [0.2, 0.25) is 5.91 Å². The Balaban J connectivity index is 1.84. The third kappa shape index (κ3) is 6.34. The average Bonchev–Trinajstić information content (AvgIpc) is 3.44. The normalized spacial score (nSPS) is 16.5. The van der Waals surface area contributed by atoms with Gasteiger partial charge in [-0.25, -0.2) is 8.42 Å². The topological polar surface area (TPSA) is 130 Å². The number of aliphatic hydroxyl groups excluding tert-OH is 2. The van der Waals surface area contributed by atoms with Gasteiger partial charge in [-0.1, -0.05) is 12.5 Å². The Morgan fingerprint density at radius 1 is 1.15 bits per heavy atom. The molecule has 12 heteroatoms. The lowest BCUT2D eigenvalue weighted by molar-refractivity contribution is -0.117. The number of hydrogen-bond acceptors (Lipinski definition) is 9. The second kappa shape index (κ2) is 12.3. The average molecular weight is 578 g/mol. The first kappa shape index (κ1) is 28.8. The minimum Gasteiger partial charge on any atom is -0.513 e. The van der Waals surface area contributed by atoms with Crippen molar-refractivity contribution in [2.45, 2.75) is 32.2 Å². The Morgan fingerprint density at radius 2 is 1.87 bits per heavy atom. The van der Waals surface area contributed by atoms with Crippen LogP contribution in [0.4, 0.5) is 5.00 Å². The van der Waals surface area contributed by atoms with Gasteiger partial charge in [0.05, 0.1) is 42.8 Å². The molecule has 1 aliphatic heterocycles. The highest BCUT2D eigenvalue weighted by Gasteiger charge is 2.26. The number of likely N-dealkylation sites (tertiary alicyclic amines) is 1. The third-order valence-electron chi connectivity index (χ3n) is 6.80. The van der Waals surface area contributed by atoms with Crippen LogP contribution in [-0.2, 0) is 14.6 Å². The maximum absolute atomic E-state index is 12.9. The molecule has 1 aromatic carbocycles. The van der Waals surface area contributed by atoms with E-state index in [9.17, 15) is 23.4 Å². The predicted octanol–water partition coefficient (Wildman–Crippen LogP) is 2.76. The predicted molar refractivity (Wildman–Crippen MR) is 154 cm³/mol. The first-order chi connectivity index (χ1) is 18.7. The number of nitrogens with one attached hydrogen (secondary N) is 1. The number of sulfone groups is 1. The molecule has 1 unspecified atom stereocenters. The molecular weight excluding hydrogens is 542 g/mol. The highest BCUT2D eigenvalue weighted by atomic mass is 32.2. The zero-order valence-corrected chi connectivity index (χ0v) is 24.0. The molecule has 0 aliphatic carbocycles. The molecule has 1 amide bonds. The number of piperidine rings is 1. The number of anilines is 1. The highest BCUT2D eigenvalue weighted by molar-refractivity contribution is 7.90. The molecule has 1 aliphatic rings. The number of benzene rings is 1. The molecule has 212 valence electrons. The molecule has 2 aromatic heterocycles. The fraction of sp³-hybridized carbons (Fsp3) is 0.444. The second-order valence-corrected chi connectivity index (χ2v) is 12.7. The highest BCUT2D eigenvalue weighted by Crippen LogP contribution is 2.33. The van der Waals surface area contributed by atoms with Crippen molar-refractivity contribution in [3.63, 3.8) is 0 Å². The first-order valence-electron chi connectivity index (χ1n) is 12.8. The molecule has 39 heavy (non-hydrogen) atoms. The van der Waals surface area contributed by atoms with Crippen LogP contribution in [0.25, 0.3) is 23.3 Å². The van der Waals surface area contributed by atoms with Crippen LogP contribution < -0.4 is 25.5 Å². The number of hydrogen-bond donors (Lipinski definition) is 3. The number of fused-ring (bicyclic) bond motifs is 1. The molecule has 1 atom stereocenters. The third-order valence-corrected chi connectivity index (χ3v) is 8.62. The molecule has 4 rings (SSSR count). The van der Waals surface area contributed by atoms with Crippen LogP contribution in [0.5, 0.6) is 11.5 Å². The zero-order chi connectivity index (χ0) is 28.2. The molecule has 10 nitrogen and oxygen atoms in total. The summed E-state index contributed by atoms with van der Waals surface area (Å²) in [4.78, 5) is 15.0. The van der Waals surface area contributed by atoms with Crippen LogP contribution in [0.3, 0.4) is 0 Å². The Bertz CT molecular complexity index is 1550. The van der Waals surface area contributed by atoms with Crippen LogP contribution in [0.2, 0.25) is 0 Å². The van der Waals surface area contributed by atoms with Crippen molar-refractivity contribution in [3.05, 3.63) is 39.8 Å². The molecule has 0 spiro atoms. The van der Waals surface area contributed by atoms with Gasteiger partial charge in [0.15, 0.2) is 11.5 Å². The van der Waals surface area contributed by atoms with Crippen molar-refractivity contribution in [1.29, 1.82) is 0 Å². The molecule has 1 saturated heterocycles. The number of rotatable bonds is 10. The summed E-state index contributed by atoms with van der Waals surface area (Å²) in [6.45, 7) is 4.23. The van der Waals surface area contributed by atoms with E-state index in [1.54, 1.807) is 28.1 Å². The first-order valence-corrected chi connectivity index (χ1v) is 15.8. The Labute approximate surface area is 231 Å². The summed E-state index contributed by atoms with van der Waals surface area (Å²) in [7, 11) is -2.02. The van der Waals surface area contributed by atoms with E-state index < -0.39 is 15.9 Å². The monoisotopic (exact) mass is 577 g/mol. The van der Waals surface area contributed by atoms with Crippen molar-refractivity contribution >= 4 is 55.4 Å². The van der Waals surface area contributed by atoms with Crippen LogP contribution in [0.1, 0.15) is 37.8 Å². The molecule has 0 saturated carbocycles. The smallest absolute Gasteiger partial charge is 0.239 e. The minimum atomic E-state index is -3.53. The number of carbonyl (C=O) groups is 1. The van der Waals surface area contributed by atoms with Crippen LogP contribution >= 0.6 is 11.3 Å². The lowest BCUT2D eigenvalue weighted by Gasteiger charge is -2.25. The van der Waals surface area contributed by atoms with E-state index in [1.807, 2.05) is 6.92 Å². The molecule has 3 aromatic rings. The summed E-state index contributed by atoms with van der Waals surface area (Å²) in [5, 5.41) is 27.7. The van der Waals surface area contributed by atoms with Crippen molar-refractivity contribution in [2.24, 2.45) is 0 Å². The Kier molecular flexibility index (Phi) is 9.08. The fourth-order valence-electron chi connectivity index (χ4n) is 5.13. The molecule has 0 bridgehead atoms. The van der Waals surface area contributed by atoms with Gasteiger partial charge < -0.3 is 29.6 Å². The zero-order valence-electron chi connectivity index (χ0n) is 22.3. The van der Waals surface area contributed by atoms with Gasteiger partial charge in [0.25, 0.3) is 0 Å². The van der Waals surface area contributed by atoms with Crippen molar-refractivity contribution in [3.8, 4) is 11.5 Å². The lowest BCUT2D eigenvalue weighted by atomic mass is 10.1. The van der Waals surface area contributed by atoms with Crippen LogP contribution in [0.15, 0.2) is 23.6 Å². The van der Waals surface area contributed by atoms with Gasteiger partial charge in [0, 0.05) is 22.4 Å². The minimum absolute atomic E-state index is 0.170. The summed E-state index contributed by atoms with van der Waals surface area (Å²) in [5.41, 5.74) is 0.577. The fourth-order valence-corrected chi connectivity index (χ4v) is 7.02. The number of aliphatic hydroxyl groups is 2. The Morgan fingerprint density at radius 3 is 2.49 bits per heavy atom. The molecular formula is C27H35N3O7S2. The summed E-state index contributed by atoms with van der Waals surface area (Å²) in [5.74, 6) is 0.452. The Hall–Kier alpha value is -3.22. The summed E-state index contributed by atoms with van der Waals surface area (Å²) >= 11 is 1.28. The summed E-state index contributed by atoms with van der Waals surface area (Å²) in [6, 6.07) is 4.29. The number of thiophene rings is 1. The van der Waals surface area contributed by atoms with Crippen LogP contribution in [-0.4, -0.2) is 79.4 Å². The maximum Gasteiger partial charge on any atom is 0.239 e. The van der Waals surface area contributed by atoms with E-state index >= 15 is 0 Å². The standard InChI is InChI=1S/C27H35N3O7S2/c1-4-37-24-12-18(8-9-23(24)36-2)22(17-39(3,34)35)30-20(14-31)19-16-38-27(26(19)21(30)15-32)28-25(33)13-29-10-6-5-7-11-29/h8-9,12,14-16,22,31-32H,4-7,10-11,13,17H2,1-3H3,(H,28,33). The molecule has 3 heterocycles. The SMILES string of the molecule is CCOc1cc(C(CS(C)(=O)=O)n2c(=CO)c3csc(NC(=O)CN4CCCCC4)c3c2=CO)ccc1OC. The second-order valence-electron chi connectivity index (χ2n) is 9.59. The van der Waals surface area contributed by atoms with Crippen LogP contribution in [0, 0.1) is 0 Å². The largest absolute Gasteiger partial charge is 0.513 e. The van der Waals surface area contributed by atoms with Gasteiger partial charge in [-0.3, -0.25) is 9.69 Å².